The lowest BCUT2D eigenvalue weighted by atomic mass is 10.1. The predicted molar refractivity (Wildman–Crippen MR) is 97.5 cm³/mol. The number of carbonyl (C=O) groups excluding carboxylic acids is 1. The van der Waals surface area contributed by atoms with Gasteiger partial charge in [0, 0.05) is 43.4 Å². The standard InChI is InChI=1S/C14H22N4O3S2.ClH/c19-14(17-11-2-1-3-15-9-11)13-8-12(10-16-13)23(20,21)18-4-6-22-7-5-18;/h8,10-11,15-16H,1-7,9H2,(H,17,19);1H. The largest absolute Gasteiger partial charge is 0.356 e. The van der Waals surface area contributed by atoms with Gasteiger partial charge in [0.25, 0.3) is 5.91 Å². The Morgan fingerprint density at radius 3 is 2.75 bits per heavy atom. The second kappa shape index (κ2) is 8.57. The van der Waals surface area contributed by atoms with E-state index < -0.39 is 10.0 Å². The number of nitrogens with zero attached hydrogens (tertiary/aromatic N) is 1. The first kappa shape index (κ1) is 19.6. The Kier molecular flexibility index (Phi) is 6.99. The van der Waals surface area contributed by atoms with Crippen molar-refractivity contribution in [3.05, 3.63) is 18.0 Å². The quantitative estimate of drug-likeness (QED) is 0.697. The summed E-state index contributed by atoms with van der Waals surface area (Å²) in [5.41, 5.74) is 0.292. The number of hydrogen-bond donors (Lipinski definition) is 3. The molecule has 0 aliphatic carbocycles. The summed E-state index contributed by atoms with van der Waals surface area (Å²) in [6, 6.07) is 1.53. The summed E-state index contributed by atoms with van der Waals surface area (Å²) < 4.78 is 26.6. The van der Waals surface area contributed by atoms with Crippen LogP contribution >= 0.6 is 24.2 Å². The molecular weight excluding hydrogens is 372 g/mol. The molecule has 2 saturated heterocycles. The van der Waals surface area contributed by atoms with Crippen LogP contribution in [0.5, 0.6) is 0 Å². The van der Waals surface area contributed by atoms with E-state index in [-0.39, 0.29) is 29.3 Å². The number of carbonyl (C=O) groups is 1. The first-order valence-corrected chi connectivity index (χ1v) is 10.4. The van der Waals surface area contributed by atoms with Crippen molar-refractivity contribution in [2.24, 2.45) is 0 Å². The molecule has 1 atom stereocenters. The molecule has 24 heavy (non-hydrogen) atoms. The lowest BCUT2D eigenvalue weighted by molar-refractivity contribution is 0.0926. The summed E-state index contributed by atoms with van der Waals surface area (Å²) >= 11 is 1.76. The Balaban J connectivity index is 0.00000208. The highest BCUT2D eigenvalue weighted by atomic mass is 35.5. The second-order valence-electron chi connectivity index (χ2n) is 5.78. The van der Waals surface area contributed by atoms with Gasteiger partial charge in [0.05, 0.1) is 0 Å². The second-order valence-corrected chi connectivity index (χ2v) is 8.94. The van der Waals surface area contributed by atoms with Gasteiger partial charge in [-0.3, -0.25) is 4.79 Å². The van der Waals surface area contributed by atoms with Crippen molar-refractivity contribution < 1.29 is 13.2 Å². The van der Waals surface area contributed by atoms with Gasteiger partial charge in [0.1, 0.15) is 10.6 Å². The summed E-state index contributed by atoms with van der Waals surface area (Å²) in [4.78, 5) is 15.2. The van der Waals surface area contributed by atoms with Gasteiger partial charge in [-0.2, -0.15) is 16.1 Å². The van der Waals surface area contributed by atoms with Crippen molar-refractivity contribution in [1.82, 2.24) is 19.9 Å². The van der Waals surface area contributed by atoms with E-state index in [1.165, 1.54) is 16.6 Å². The number of aromatic nitrogens is 1. The molecule has 7 nitrogen and oxygen atoms in total. The minimum atomic E-state index is -3.51. The monoisotopic (exact) mass is 394 g/mol. The summed E-state index contributed by atoms with van der Waals surface area (Å²) in [6.45, 7) is 2.77. The summed E-state index contributed by atoms with van der Waals surface area (Å²) in [5, 5.41) is 6.17. The molecule has 1 aromatic rings. The number of sulfonamides is 1. The highest BCUT2D eigenvalue weighted by Gasteiger charge is 2.28. The molecule has 0 radical (unpaired) electrons. The molecule has 0 spiro atoms. The van der Waals surface area contributed by atoms with E-state index in [2.05, 4.69) is 15.6 Å². The molecule has 0 aromatic carbocycles. The van der Waals surface area contributed by atoms with Crippen molar-refractivity contribution in [3.8, 4) is 0 Å². The lowest BCUT2D eigenvalue weighted by Crippen LogP contribution is -2.45. The number of thioether (sulfide) groups is 1. The van der Waals surface area contributed by atoms with Crippen LogP contribution < -0.4 is 10.6 Å². The fraction of sp³-hybridized carbons (Fsp3) is 0.643. The Hall–Kier alpha value is -0.740. The molecule has 1 amide bonds. The first-order valence-electron chi connectivity index (χ1n) is 7.85. The van der Waals surface area contributed by atoms with Crippen LogP contribution in [-0.4, -0.2) is 67.3 Å². The molecule has 1 unspecified atom stereocenters. The molecule has 3 rings (SSSR count). The number of nitrogens with one attached hydrogen (secondary N) is 3. The highest BCUT2D eigenvalue weighted by molar-refractivity contribution is 7.99. The molecule has 10 heteroatoms. The average Bonchev–Trinajstić information content (AvgIpc) is 3.07. The van der Waals surface area contributed by atoms with Gasteiger partial charge in [-0.15, -0.1) is 12.4 Å². The number of H-pyrrole nitrogens is 1. The van der Waals surface area contributed by atoms with Crippen molar-refractivity contribution >= 4 is 40.1 Å². The number of rotatable bonds is 4. The van der Waals surface area contributed by atoms with Gasteiger partial charge >= 0.3 is 0 Å². The fourth-order valence-corrected chi connectivity index (χ4v) is 5.40. The van der Waals surface area contributed by atoms with Crippen molar-refractivity contribution in [2.75, 3.05) is 37.7 Å². The van der Waals surface area contributed by atoms with Crippen LogP contribution in [-0.2, 0) is 10.0 Å². The van der Waals surface area contributed by atoms with Crippen LogP contribution in [0.15, 0.2) is 17.2 Å². The Labute approximate surface area is 152 Å². The van der Waals surface area contributed by atoms with Crippen LogP contribution in [0, 0.1) is 0 Å². The minimum Gasteiger partial charge on any atom is -0.356 e. The van der Waals surface area contributed by atoms with Crippen molar-refractivity contribution in [2.45, 2.75) is 23.8 Å². The van der Waals surface area contributed by atoms with Gasteiger partial charge in [-0.25, -0.2) is 8.42 Å². The van der Waals surface area contributed by atoms with Gasteiger partial charge in [0.2, 0.25) is 10.0 Å². The zero-order valence-electron chi connectivity index (χ0n) is 13.3. The van der Waals surface area contributed by atoms with E-state index in [9.17, 15) is 13.2 Å². The number of halogens is 1. The van der Waals surface area contributed by atoms with Crippen LogP contribution in [0.4, 0.5) is 0 Å². The van der Waals surface area contributed by atoms with Gasteiger partial charge in [-0.05, 0) is 25.5 Å². The minimum absolute atomic E-state index is 0. The molecule has 3 heterocycles. The number of hydrogen-bond acceptors (Lipinski definition) is 5. The zero-order chi connectivity index (χ0) is 16.3. The highest BCUT2D eigenvalue weighted by Crippen LogP contribution is 2.20. The van der Waals surface area contributed by atoms with Crippen LogP contribution in [0.1, 0.15) is 23.3 Å². The van der Waals surface area contributed by atoms with Crippen molar-refractivity contribution in [3.63, 3.8) is 0 Å². The number of piperidine rings is 1. The van der Waals surface area contributed by atoms with Crippen LogP contribution in [0.3, 0.4) is 0 Å². The first-order chi connectivity index (χ1) is 11.1. The topological polar surface area (TPSA) is 94.3 Å². The molecule has 3 N–H and O–H groups in total. The molecule has 0 bridgehead atoms. The van der Waals surface area contributed by atoms with E-state index >= 15 is 0 Å². The van der Waals surface area contributed by atoms with Crippen molar-refractivity contribution in [1.29, 1.82) is 0 Å². The maximum Gasteiger partial charge on any atom is 0.267 e. The van der Waals surface area contributed by atoms with E-state index in [0.29, 0.717) is 18.8 Å². The van der Waals surface area contributed by atoms with Gasteiger partial charge < -0.3 is 15.6 Å². The maximum atomic E-state index is 12.6. The third-order valence-corrected chi connectivity index (χ3v) is 6.96. The molecule has 0 saturated carbocycles. The van der Waals surface area contributed by atoms with E-state index in [1.807, 2.05) is 0 Å². The molecule has 2 aliphatic rings. The summed E-state index contributed by atoms with van der Waals surface area (Å²) in [6.07, 6.45) is 3.38. The third kappa shape index (κ3) is 4.45. The molecule has 1 aromatic heterocycles. The SMILES string of the molecule is Cl.O=C(NC1CCCNC1)c1cc(S(=O)(=O)N2CCSCC2)c[nH]1. The number of aromatic amines is 1. The predicted octanol–water partition coefficient (Wildman–Crippen LogP) is 0.656. The van der Waals surface area contributed by atoms with Crippen LogP contribution in [0.25, 0.3) is 0 Å². The van der Waals surface area contributed by atoms with Crippen LogP contribution in [0.2, 0.25) is 0 Å². The molecule has 136 valence electrons. The van der Waals surface area contributed by atoms with Gasteiger partial charge in [-0.1, -0.05) is 0 Å². The smallest absolute Gasteiger partial charge is 0.267 e. The molecule has 2 aliphatic heterocycles. The lowest BCUT2D eigenvalue weighted by Gasteiger charge is -2.25. The normalized spacial score (nSPS) is 22.6. The Morgan fingerprint density at radius 2 is 2.08 bits per heavy atom. The molecular formula is C14H23ClN4O3S2. The van der Waals surface area contributed by atoms with E-state index in [0.717, 1.165) is 37.4 Å². The third-order valence-electron chi connectivity index (χ3n) is 4.14. The molecule has 2 fully saturated rings. The average molecular weight is 395 g/mol. The fourth-order valence-electron chi connectivity index (χ4n) is 2.83. The zero-order valence-corrected chi connectivity index (χ0v) is 15.7. The van der Waals surface area contributed by atoms with E-state index in [4.69, 9.17) is 0 Å². The maximum absolute atomic E-state index is 12.6. The Morgan fingerprint density at radius 1 is 1.33 bits per heavy atom. The van der Waals surface area contributed by atoms with E-state index in [1.54, 1.807) is 11.8 Å². The Bertz CT molecular complexity index is 653. The van der Waals surface area contributed by atoms with Gasteiger partial charge in [0.15, 0.2) is 0 Å². The number of amides is 1. The summed E-state index contributed by atoms with van der Waals surface area (Å²) in [5.74, 6) is 1.37. The summed E-state index contributed by atoms with van der Waals surface area (Å²) in [7, 11) is -3.51.